The van der Waals surface area contributed by atoms with Crippen LogP contribution in [0.25, 0.3) is 0 Å². The van der Waals surface area contributed by atoms with Crippen molar-refractivity contribution >= 4 is 17.3 Å². The molecule has 1 rings (SSSR count). The van der Waals surface area contributed by atoms with Gasteiger partial charge in [0.1, 0.15) is 0 Å². The summed E-state index contributed by atoms with van der Waals surface area (Å²) in [6.45, 7) is 9.08. The van der Waals surface area contributed by atoms with Crippen LogP contribution in [0.1, 0.15) is 27.2 Å². The maximum absolute atomic E-state index is 11.8. The molecule has 0 aromatic carbocycles. The minimum atomic E-state index is 0.188. The minimum Gasteiger partial charge on any atom is -0.384 e. The quantitative estimate of drug-likeness (QED) is 0.755. The number of amides is 1. The first-order chi connectivity index (χ1) is 9.21. The zero-order valence-electron chi connectivity index (χ0n) is 12.1. The van der Waals surface area contributed by atoms with Crippen LogP contribution in [0.15, 0.2) is 18.5 Å². The largest absolute Gasteiger partial charge is 0.384 e. The molecule has 0 unspecified atom stereocenters. The number of hydrogen-bond donors (Lipinski definition) is 2. The number of rotatable bonds is 8. The van der Waals surface area contributed by atoms with Gasteiger partial charge in [0.15, 0.2) is 0 Å². The topological polar surface area (TPSA) is 57.3 Å². The standard InChI is InChI=1S/C14H24N4O/c1-4-16-12-9-13(11-15-10-12)17-8-7-14(19)18(5-2)6-3/h9-11,16-17H,4-8H2,1-3H3. The van der Waals surface area contributed by atoms with E-state index in [2.05, 4.69) is 15.6 Å². The van der Waals surface area contributed by atoms with Gasteiger partial charge in [0.2, 0.25) is 5.91 Å². The summed E-state index contributed by atoms with van der Waals surface area (Å²) in [4.78, 5) is 17.8. The van der Waals surface area contributed by atoms with Crippen molar-refractivity contribution in [1.29, 1.82) is 0 Å². The highest BCUT2D eigenvalue weighted by Gasteiger charge is 2.08. The maximum Gasteiger partial charge on any atom is 0.224 e. The fraction of sp³-hybridized carbons (Fsp3) is 0.571. The Labute approximate surface area is 115 Å². The number of carbonyl (C=O) groups excluding carboxylic acids is 1. The summed E-state index contributed by atoms with van der Waals surface area (Å²) >= 11 is 0. The first kappa shape index (κ1) is 15.3. The molecule has 0 aliphatic rings. The fourth-order valence-corrected chi connectivity index (χ4v) is 1.89. The third kappa shape index (κ3) is 5.16. The molecule has 0 spiro atoms. The highest BCUT2D eigenvalue weighted by molar-refractivity contribution is 5.76. The van der Waals surface area contributed by atoms with Crippen molar-refractivity contribution in [3.05, 3.63) is 18.5 Å². The van der Waals surface area contributed by atoms with Crippen LogP contribution in [0, 0.1) is 0 Å². The summed E-state index contributed by atoms with van der Waals surface area (Å²) in [7, 11) is 0. The maximum atomic E-state index is 11.8. The second-order valence-corrected chi connectivity index (χ2v) is 4.24. The lowest BCUT2D eigenvalue weighted by atomic mass is 10.3. The van der Waals surface area contributed by atoms with Crippen molar-refractivity contribution < 1.29 is 4.79 Å². The number of nitrogens with zero attached hydrogens (tertiary/aromatic N) is 2. The molecule has 5 nitrogen and oxygen atoms in total. The van der Waals surface area contributed by atoms with Gasteiger partial charge in [-0.25, -0.2) is 0 Å². The first-order valence-corrected chi connectivity index (χ1v) is 6.91. The van der Waals surface area contributed by atoms with Crippen LogP contribution in [-0.4, -0.2) is 42.0 Å². The lowest BCUT2D eigenvalue weighted by molar-refractivity contribution is -0.130. The summed E-state index contributed by atoms with van der Waals surface area (Å²) < 4.78 is 0. The molecule has 0 saturated heterocycles. The van der Waals surface area contributed by atoms with E-state index in [1.807, 2.05) is 31.7 Å². The Kier molecular flexibility index (Phi) is 6.71. The average Bonchev–Trinajstić information content (AvgIpc) is 2.41. The summed E-state index contributed by atoms with van der Waals surface area (Å²) in [5.41, 5.74) is 1.92. The molecule has 19 heavy (non-hydrogen) atoms. The van der Waals surface area contributed by atoms with Crippen molar-refractivity contribution in [3.63, 3.8) is 0 Å². The van der Waals surface area contributed by atoms with Crippen molar-refractivity contribution in [2.45, 2.75) is 27.2 Å². The monoisotopic (exact) mass is 264 g/mol. The van der Waals surface area contributed by atoms with Gasteiger partial charge in [-0.3, -0.25) is 9.78 Å². The highest BCUT2D eigenvalue weighted by atomic mass is 16.2. The molecule has 1 aromatic rings. The van der Waals surface area contributed by atoms with Gasteiger partial charge in [0.05, 0.1) is 23.8 Å². The van der Waals surface area contributed by atoms with Gasteiger partial charge in [0.25, 0.3) is 0 Å². The van der Waals surface area contributed by atoms with Crippen molar-refractivity contribution in [2.75, 3.05) is 36.8 Å². The van der Waals surface area contributed by atoms with Crippen molar-refractivity contribution in [2.24, 2.45) is 0 Å². The molecular weight excluding hydrogens is 240 g/mol. The molecule has 0 bridgehead atoms. The predicted octanol–water partition coefficient (Wildman–Crippen LogP) is 2.18. The normalized spacial score (nSPS) is 10.1. The third-order valence-corrected chi connectivity index (χ3v) is 2.90. The van der Waals surface area contributed by atoms with E-state index in [0.717, 1.165) is 31.0 Å². The third-order valence-electron chi connectivity index (χ3n) is 2.90. The Balaban J connectivity index is 2.40. The highest BCUT2D eigenvalue weighted by Crippen LogP contribution is 2.12. The molecule has 0 aliphatic carbocycles. The predicted molar refractivity (Wildman–Crippen MR) is 79.4 cm³/mol. The fourth-order valence-electron chi connectivity index (χ4n) is 1.89. The Morgan fingerprint density at radius 2 is 1.79 bits per heavy atom. The van der Waals surface area contributed by atoms with Gasteiger partial charge in [-0.2, -0.15) is 0 Å². The van der Waals surface area contributed by atoms with Crippen molar-refractivity contribution in [1.82, 2.24) is 9.88 Å². The Morgan fingerprint density at radius 1 is 1.16 bits per heavy atom. The molecule has 0 aliphatic heterocycles. The van der Waals surface area contributed by atoms with Crippen LogP contribution in [0.2, 0.25) is 0 Å². The SMILES string of the molecule is CCNc1cncc(NCCC(=O)N(CC)CC)c1. The van der Waals surface area contributed by atoms with Crippen LogP contribution >= 0.6 is 0 Å². The zero-order chi connectivity index (χ0) is 14.1. The van der Waals surface area contributed by atoms with Crippen molar-refractivity contribution in [3.8, 4) is 0 Å². The van der Waals surface area contributed by atoms with Gasteiger partial charge in [-0.1, -0.05) is 0 Å². The molecule has 0 saturated carbocycles. The Hall–Kier alpha value is -1.78. The second-order valence-electron chi connectivity index (χ2n) is 4.24. The van der Waals surface area contributed by atoms with Gasteiger partial charge < -0.3 is 15.5 Å². The van der Waals surface area contributed by atoms with Crippen LogP contribution in [0.3, 0.4) is 0 Å². The first-order valence-electron chi connectivity index (χ1n) is 6.91. The van der Waals surface area contributed by atoms with Crippen LogP contribution in [0.4, 0.5) is 11.4 Å². The van der Waals surface area contributed by atoms with Gasteiger partial charge >= 0.3 is 0 Å². The Bertz CT molecular complexity index is 391. The van der Waals surface area contributed by atoms with Crippen LogP contribution in [-0.2, 0) is 4.79 Å². The minimum absolute atomic E-state index is 0.188. The zero-order valence-corrected chi connectivity index (χ0v) is 12.1. The second kappa shape index (κ2) is 8.34. The molecule has 1 aromatic heterocycles. The number of hydrogen-bond acceptors (Lipinski definition) is 4. The molecular formula is C14H24N4O. The van der Waals surface area contributed by atoms with Gasteiger partial charge in [0, 0.05) is 32.6 Å². The summed E-state index contributed by atoms with van der Waals surface area (Å²) in [5.74, 6) is 0.188. The van der Waals surface area contributed by atoms with Crippen LogP contribution < -0.4 is 10.6 Å². The van der Waals surface area contributed by atoms with E-state index in [0.29, 0.717) is 13.0 Å². The molecule has 1 heterocycles. The van der Waals surface area contributed by atoms with E-state index >= 15 is 0 Å². The lowest BCUT2D eigenvalue weighted by Crippen LogP contribution is -2.31. The lowest BCUT2D eigenvalue weighted by Gasteiger charge is -2.18. The molecule has 0 fully saturated rings. The smallest absolute Gasteiger partial charge is 0.224 e. The molecule has 0 radical (unpaired) electrons. The molecule has 5 heteroatoms. The number of anilines is 2. The van der Waals surface area contributed by atoms with Gasteiger partial charge in [-0.05, 0) is 26.8 Å². The van der Waals surface area contributed by atoms with E-state index < -0.39 is 0 Å². The molecule has 2 N–H and O–H groups in total. The molecule has 0 atom stereocenters. The Morgan fingerprint density at radius 3 is 2.37 bits per heavy atom. The van der Waals surface area contributed by atoms with Crippen LogP contribution in [0.5, 0.6) is 0 Å². The number of pyridine rings is 1. The van der Waals surface area contributed by atoms with E-state index in [1.165, 1.54) is 0 Å². The van der Waals surface area contributed by atoms with E-state index in [-0.39, 0.29) is 5.91 Å². The summed E-state index contributed by atoms with van der Waals surface area (Å²) in [6.07, 6.45) is 4.06. The average molecular weight is 264 g/mol. The van der Waals surface area contributed by atoms with E-state index in [9.17, 15) is 4.79 Å². The molecule has 1 amide bonds. The molecule has 106 valence electrons. The van der Waals surface area contributed by atoms with E-state index in [1.54, 1.807) is 12.4 Å². The van der Waals surface area contributed by atoms with E-state index in [4.69, 9.17) is 0 Å². The number of carbonyl (C=O) groups is 1. The summed E-state index contributed by atoms with van der Waals surface area (Å²) in [6, 6.07) is 2.00. The summed E-state index contributed by atoms with van der Waals surface area (Å²) in [5, 5.41) is 6.43. The number of nitrogens with one attached hydrogen (secondary N) is 2. The number of aromatic nitrogens is 1. The van der Waals surface area contributed by atoms with Gasteiger partial charge in [-0.15, -0.1) is 0 Å².